The number of benzene rings is 2. The standard InChI is InChI=1S/C23H22N2O4S/c26-22(24-14-16-6-7-19-20(12-16)29-15-28-19)21-13-18(17-4-2-1-3-5-17)23(30-21)25-8-10-27-11-9-25/h1-7,12-13H,8-11,14-15H2,(H,24,26). The molecule has 1 amide bonds. The van der Waals surface area contributed by atoms with Gasteiger partial charge in [0.2, 0.25) is 6.79 Å². The third-order valence-electron chi connectivity index (χ3n) is 5.21. The molecule has 1 fully saturated rings. The second-order valence-electron chi connectivity index (χ2n) is 7.17. The van der Waals surface area contributed by atoms with E-state index in [-0.39, 0.29) is 12.7 Å². The molecule has 5 rings (SSSR count). The molecule has 0 radical (unpaired) electrons. The van der Waals surface area contributed by atoms with Crippen LogP contribution >= 0.6 is 11.3 Å². The summed E-state index contributed by atoms with van der Waals surface area (Å²) in [5, 5.41) is 4.16. The van der Waals surface area contributed by atoms with Crippen molar-refractivity contribution < 1.29 is 19.0 Å². The van der Waals surface area contributed by atoms with Crippen LogP contribution in [0, 0.1) is 0 Å². The van der Waals surface area contributed by atoms with Crippen LogP contribution in [-0.4, -0.2) is 39.0 Å². The molecule has 0 spiro atoms. The first-order valence-corrected chi connectivity index (χ1v) is 10.8. The lowest BCUT2D eigenvalue weighted by Gasteiger charge is -2.28. The zero-order valence-electron chi connectivity index (χ0n) is 16.4. The molecule has 3 heterocycles. The van der Waals surface area contributed by atoms with Crippen molar-refractivity contribution in [1.29, 1.82) is 0 Å². The number of thiophene rings is 1. The summed E-state index contributed by atoms with van der Waals surface area (Å²) in [7, 11) is 0. The number of anilines is 1. The van der Waals surface area contributed by atoms with E-state index >= 15 is 0 Å². The molecule has 0 saturated carbocycles. The normalized spacial score (nSPS) is 15.3. The Hall–Kier alpha value is -3.03. The predicted octanol–water partition coefficient (Wildman–Crippen LogP) is 3.91. The summed E-state index contributed by atoms with van der Waals surface area (Å²) in [6.07, 6.45) is 0. The van der Waals surface area contributed by atoms with E-state index < -0.39 is 0 Å². The highest BCUT2D eigenvalue weighted by molar-refractivity contribution is 7.18. The number of amides is 1. The molecule has 7 heteroatoms. The molecule has 3 aromatic rings. The highest BCUT2D eigenvalue weighted by atomic mass is 32.1. The molecular formula is C23H22N2O4S. The summed E-state index contributed by atoms with van der Waals surface area (Å²) in [5.74, 6) is 1.39. The largest absolute Gasteiger partial charge is 0.454 e. The molecule has 0 bridgehead atoms. The predicted molar refractivity (Wildman–Crippen MR) is 117 cm³/mol. The first-order chi connectivity index (χ1) is 14.8. The van der Waals surface area contributed by atoms with Gasteiger partial charge >= 0.3 is 0 Å². The molecule has 2 aliphatic heterocycles. The maximum absolute atomic E-state index is 12.9. The summed E-state index contributed by atoms with van der Waals surface area (Å²) < 4.78 is 16.3. The Kier molecular flexibility index (Phi) is 5.29. The Balaban J connectivity index is 1.36. The first kappa shape index (κ1) is 19.0. The first-order valence-electron chi connectivity index (χ1n) is 9.96. The molecule has 2 aliphatic rings. The van der Waals surface area contributed by atoms with Gasteiger partial charge in [-0.05, 0) is 29.3 Å². The number of hydrogen-bond acceptors (Lipinski definition) is 6. The molecule has 1 saturated heterocycles. The Labute approximate surface area is 179 Å². The van der Waals surface area contributed by atoms with Crippen LogP contribution in [0.15, 0.2) is 54.6 Å². The van der Waals surface area contributed by atoms with E-state index in [4.69, 9.17) is 14.2 Å². The molecule has 6 nitrogen and oxygen atoms in total. The quantitative estimate of drug-likeness (QED) is 0.676. The van der Waals surface area contributed by atoms with E-state index in [1.165, 1.54) is 11.3 Å². The fraction of sp³-hybridized carbons (Fsp3) is 0.261. The topological polar surface area (TPSA) is 60.0 Å². The SMILES string of the molecule is O=C(NCc1ccc2c(c1)OCO2)c1cc(-c2ccccc2)c(N2CCOCC2)s1. The second kappa shape index (κ2) is 8.38. The Morgan fingerprint density at radius 2 is 1.80 bits per heavy atom. The maximum atomic E-state index is 12.9. The lowest BCUT2D eigenvalue weighted by atomic mass is 10.1. The fourth-order valence-electron chi connectivity index (χ4n) is 3.64. The summed E-state index contributed by atoms with van der Waals surface area (Å²) >= 11 is 1.54. The van der Waals surface area contributed by atoms with Crippen LogP contribution in [0.25, 0.3) is 11.1 Å². The number of carbonyl (C=O) groups is 1. The fourth-order valence-corrected chi connectivity index (χ4v) is 4.79. The van der Waals surface area contributed by atoms with Gasteiger partial charge in [0, 0.05) is 25.2 Å². The Morgan fingerprint density at radius 1 is 1.00 bits per heavy atom. The van der Waals surface area contributed by atoms with Gasteiger partial charge in [-0.15, -0.1) is 11.3 Å². The van der Waals surface area contributed by atoms with Crippen molar-refractivity contribution in [2.24, 2.45) is 0 Å². The molecule has 0 aliphatic carbocycles. The van der Waals surface area contributed by atoms with Crippen LogP contribution in [-0.2, 0) is 11.3 Å². The molecule has 2 aromatic carbocycles. The van der Waals surface area contributed by atoms with Crippen molar-refractivity contribution in [1.82, 2.24) is 5.32 Å². The molecular weight excluding hydrogens is 400 g/mol. The molecule has 0 atom stereocenters. The third kappa shape index (κ3) is 3.86. The average molecular weight is 423 g/mol. The number of nitrogens with zero attached hydrogens (tertiary/aromatic N) is 1. The zero-order valence-corrected chi connectivity index (χ0v) is 17.2. The van der Waals surface area contributed by atoms with E-state index in [2.05, 4.69) is 22.3 Å². The van der Waals surface area contributed by atoms with Gasteiger partial charge in [0.25, 0.3) is 5.91 Å². The number of nitrogens with one attached hydrogen (secondary N) is 1. The number of hydrogen-bond donors (Lipinski definition) is 1. The number of fused-ring (bicyclic) bond motifs is 1. The smallest absolute Gasteiger partial charge is 0.261 e. The highest BCUT2D eigenvalue weighted by Crippen LogP contribution is 2.39. The molecule has 0 unspecified atom stereocenters. The second-order valence-corrected chi connectivity index (χ2v) is 8.20. The van der Waals surface area contributed by atoms with Gasteiger partial charge in [0.05, 0.1) is 23.1 Å². The van der Waals surface area contributed by atoms with Gasteiger partial charge in [-0.2, -0.15) is 0 Å². The van der Waals surface area contributed by atoms with Crippen molar-refractivity contribution in [2.45, 2.75) is 6.54 Å². The van der Waals surface area contributed by atoms with Gasteiger partial charge in [0.15, 0.2) is 11.5 Å². The minimum absolute atomic E-state index is 0.0747. The van der Waals surface area contributed by atoms with E-state index in [9.17, 15) is 4.79 Å². The number of rotatable bonds is 5. The minimum atomic E-state index is -0.0747. The molecule has 1 N–H and O–H groups in total. The van der Waals surface area contributed by atoms with Crippen LogP contribution in [0.1, 0.15) is 15.2 Å². The lowest BCUT2D eigenvalue weighted by molar-refractivity contribution is 0.0955. The Morgan fingerprint density at radius 3 is 2.63 bits per heavy atom. The van der Waals surface area contributed by atoms with E-state index in [1.54, 1.807) is 0 Å². The van der Waals surface area contributed by atoms with Gasteiger partial charge in [-0.3, -0.25) is 4.79 Å². The highest BCUT2D eigenvalue weighted by Gasteiger charge is 2.22. The zero-order chi connectivity index (χ0) is 20.3. The summed E-state index contributed by atoms with van der Waals surface area (Å²) in [5.41, 5.74) is 3.18. The monoisotopic (exact) mass is 422 g/mol. The number of ether oxygens (including phenoxy) is 3. The van der Waals surface area contributed by atoms with E-state index in [0.717, 1.165) is 46.3 Å². The Bertz CT molecular complexity index is 1040. The third-order valence-corrected chi connectivity index (χ3v) is 6.40. The van der Waals surface area contributed by atoms with Crippen molar-refractivity contribution in [2.75, 3.05) is 38.0 Å². The molecule has 30 heavy (non-hydrogen) atoms. The van der Waals surface area contributed by atoms with Gasteiger partial charge in [-0.25, -0.2) is 0 Å². The average Bonchev–Trinajstić information content (AvgIpc) is 3.46. The van der Waals surface area contributed by atoms with Crippen molar-refractivity contribution in [3.05, 3.63) is 65.0 Å². The summed E-state index contributed by atoms with van der Waals surface area (Å²) in [4.78, 5) is 15.9. The van der Waals surface area contributed by atoms with Crippen molar-refractivity contribution in [3.8, 4) is 22.6 Å². The van der Waals surface area contributed by atoms with E-state index in [1.807, 2.05) is 42.5 Å². The number of carbonyl (C=O) groups excluding carboxylic acids is 1. The van der Waals surface area contributed by atoms with Crippen molar-refractivity contribution >= 4 is 22.2 Å². The van der Waals surface area contributed by atoms with Crippen LogP contribution in [0.4, 0.5) is 5.00 Å². The molecule has 1 aromatic heterocycles. The van der Waals surface area contributed by atoms with Crippen LogP contribution in [0.5, 0.6) is 11.5 Å². The van der Waals surface area contributed by atoms with Crippen LogP contribution in [0.2, 0.25) is 0 Å². The van der Waals surface area contributed by atoms with Gasteiger partial charge < -0.3 is 24.4 Å². The number of morpholine rings is 1. The van der Waals surface area contributed by atoms with Gasteiger partial charge in [-0.1, -0.05) is 36.4 Å². The van der Waals surface area contributed by atoms with Crippen molar-refractivity contribution in [3.63, 3.8) is 0 Å². The summed E-state index contributed by atoms with van der Waals surface area (Å²) in [6, 6.07) is 17.9. The van der Waals surface area contributed by atoms with Gasteiger partial charge in [0.1, 0.15) is 0 Å². The van der Waals surface area contributed by atoms with Crippen LogP contribution < -0.4 is 19.7 Å². The molecule has 154 valence electrons. The van der Waals surface area contributed by atoms with E-state index in [0.29, 0.717) is 24.6 Å². The lowest BCUT2D eigenvalue weighted by Crippen LogP contribution is -2.35. The minimum Gasteiger partial charge on any atom is -0.454 e. The van der Waals surface area contributed by atoms with Crippen LogP contribution in [0.3, 0.4) is 0 Å². The summed E-state index contributed by atoms with van der Waals surface area (Å²) in [6.45, 7) is 3.75. The maximum Gasteiger partial charge on any atom is 0.261 e.